The SMILES string of the molecule is C#Cc1ccc2c(c1)c1cc(C#CC(C)(C)O)ccc1n2CCCC. The van der Waals surface area contributed by atoms with E-state index in [2.05, 4.69) is 53.5 Å². The summed E-state index contributed by atoms with van der Waals surface area (Å²) in [4.78, 5) is 0. The lowest BCUT2D eigenvalue weighted by Crippen LogP contribution is -2.14. The number of aryl methyl sites for hydroxylation is 1. The van der Waals surface area contributed by atoms with Crippen LogP contribution >= 0.6 is 0 Å². The van der Waals surface area contributed by atoms with Crippen molar-refractivity contribution in [2.45, 2.75) is 45.8 Å². The molecule has 126 valence electrons. The zero-order valence-corrected chi connectivity index (χ0v) is 15.1. The van der Waals surface area contributed by atoms with Gasteiger partial charge in [-0.2, -0.15) is 0 Å². The van der Waals surface area contributed by atoms with Crippen LogP contribution in [0, 0.1) is 24.2 Å². The molecule has 1 N–H and O–H groups in total. The summed E-state index contributed by atoms with van der Waals surface area (Å²) in [5, 5.41) is 12.2. The van der Waals surface area contributed by atoms with E-state index in [1.165, 1.54) is 11.0 Å². The minimum Gasteiger partial charge on any atom is -0.378 e. The molecule has 3 aromatic rings. The maximum atomic E-state index is 9.83. The summed E-state index contributed by atoms with van der Waals surface area (Å²) in [6.07, 6.45) is 7.88. The van der Waals surface area contributed by atoms with Crippen LogP contribution in [-0.4, -0.2) is 15.3 Å². The first kappa shape index (κ1) is 17.2. The van der Waals surface area contributed by atoms with Crippen molar-refractivity contribution in [2.75, 3.05) is 0 Å². The van der Waals surface area contributed by atoms with E-state index in [-0.39, 0.29) is 0 Å². The van der Waals surface area contributed by atoms with E-state index >= 15 is 0 Å². The maximum absolute atomic E-state index is 9.83. The van der Waals surface area contributed by atoms with Crippen LogP contribution in [0.1, 0.15) is 44.7 Å². The van der Waals surface area contributed by atoms with Crippen LogP contribution in [-0.2, 0) is 6.54 Å². The predicted octanol–water partition coefficient (Wildman–Crippen LogP) is 4.70. The fourth-order valence-corrected chi connectivity index (χ4v) is 3.05. The summed E-state index contributed by atoms with van der Waals surface area (Å²) >= 11 is 0. The van der Waals surface area contributed by atoms with E-state index in [9.17, 15) is 5.11 Å². The van der Waals surface area contributed by atoms with Crippen molar-refractivity contribution in [1.29, 1.82) is 0 Å². The number of nitrogens with zero attached hydrogens (tertiary/aromatic N) is 1. The number of benzene rings is 2. The van der Waals surface area contributed by atoms with Crippen molar-refractivity contribution in [1.82, 2.24) is 4.57 Å². The van der Waals surface area contributed by atoms with E-state index in [1.807, 2.05) is 12.1 Å². The number of hydrogen-bond donors (Lipinski definition) is 1. The second kappa shape index (κ2) is 6.67. The molecule has 2 heteroatoms. The van der Waals surface area contributed by atoms with Gasteiger partial charge in [0, 0.05) is 39.5 Å². The molecule has 3 rings (SSSR count). The second-order valence-electron chi connectivity index (χ2n) is 6.92. The van der Waals surface area contributed by atoms with E-state index in [1.54, 1.807) is 13.8 Å². The second-order valence-corrected chi connectivity index (χ2v) is 6.92. The van der Waals surface area contributed by atoms with E-state index < -0.39 is 5.60 Å². The van der Waals surface area contributed by atoms with Gasteiger partial charge in [0.25, 0.3) is 0 Å². The molecule has 25 heavy (non-hydrogen) atoms. The van der Waals surface area contributed by atoms with Gasteiger partial charge in [-0.3, -0.25) is 0 Å². The number of terminal acetylenes is 1. The van der Waals surface area contributed by atoms with Crippen LogP contribution in [0.25, 0.3) is 21.8 Å². The molecular weight excluding hydrogens is 306 g/mol. The lowest BCUT2D eigenvalue weighted by molar-refractivity contribution is 0.143. The monoisotopic (exact) mass is 329 g/mol. The number of hydrogen-bond acceptors (Lipinski definition) is 1. The normalized spacial score (nSPS) is 11.3. The van der Waals surface area contributed by atoms with Gasteiger partial charge in [-0.15, -0.1) is 6.42 Å². The number of aromatic nitrogens is 1. The highest BCUT2D eigenvalue weighted by atomic mass is 16.3. The van der Waals surface area contributed by atoms with Gasteiger partial charge in [0.2, 0.25) is 0 Å². The molecule has 0 unspecified atom stereocenters. The lowest BCUT2D eigenvalue weighted by Gasteiger charge is -2.07. The zero-order valence-electron chi connectivity index (χ0n) is 15.1. The van der Waals surface area contributed by atoms with E-state index in [0.717, 1.165) is 41.3 Å². The molecule has 0 bridgehead atoms. The number of fused-ring (bicyclic) bond motifs is 3. The zero-order chi connectivity index (χ0) is 18.0. The van der Waals surface area contributed by atoms with Crippen molar-refractivity contribution >= 4 is 21.8 Å². The average molecular weight is 329 g/mol. The standard InChI is InChI=1S/C23H23NO/c1-5-7-14-24-21-10-8-17(6-2)15-19(21)20-16-18(9-11-22(20)24)12-13-23(3,4)25/h2,8-11,15-16,25H,5,7,14H2,1,3-4H3. The minimum atomic E-state index is -0.999. The van der Waals surface area contributed by atoms with Crippen LogP contribution in [0.15, 0.2) is 36.4 Å². The van der Waals surface area contributed by atoms with Gasteiger partial charge >= 0.3 is 0 Å². The molecule has 0 amide bonds. The molecule has 0 fully saturated rings. The van der Waals surface area contributed by atoms with E-state index in [4.69, 9.17) is 6.42 Å². The molecule has 0 saturated heterocycles. The summed E-state index contributed by atoms with van der Waals surface area (Å²) in [5.41, 5.74) is 3.19. The average Bonchev–Trinajstić information content (AvgIpc) is 2.90. The summed E-state index contributed by atoms with van der Waals surface area (Å²) in [5.74, 6) is 8.68. The van der Waals surface area contributed by atoms with Crippen LogP contribution in [0.3, 0.4) is 0 Å². The Morgan fingerprint density at radius 3 is 2.20 bits per heavy atom. The maximum Gasteiger partial charge on any atom is 0.120 e. The summed E-state index contributed by atoms with van der Waals surface area (Å²) in [6, 6.07) is 12.4. The van der Waals surface area contributed by atoms with Gasteiger partial charge in [0.1, 0.15) is 5.60 Å². The summed E-state index contributed by atoms with van der Waals surface area (Å²) in [7, 11) is 0. The molecule has 0 atom stereocenters. The summed E-state index contributed by atoms with van der Waals surface area (Å²) < 4.78 is 2.36. The molecule has 2 nitrogen and oxygen atoms in total. The Bertz CT molecular complexity index is 1030. The fraction of sp³-hybridized carbons (Fsp3) is 0.304. The smallest absolute Gasteiger partial charge is 0.120 e. The largest absolute Gasteiger partial charge is 0.378 e. The van der Waals surface area contributed by atoms with Crippen molar-refractivity contribution in [2.24, 2.45) is 0 Å². The van der Waals surface area contributed by atoms with Crippen LogP contribution in [0.2, 0.25) is 0 Å². The topological polar surface area (TPSA) is 25.2 Å². The van der Waals surface area contributed by atoms with Gasteiger partial charge in [0.05, 0.1) is 0 Å². The molecule has 0 radical (unpaired) electrons. The lowest BCUT2D eigenvalue weighted by atomic mass is 10.1. The van der Waals surface area contributed by atoms with Crippen molar-refractivity contribution in [3.63, 3.8) is 0 Å². The third kappa shape index (κ3) is 3.55. The fourth-order valence-electron chi connectivity index (χ4n) is 3.05. The highest BCUT2D eigenvalue weighted by molar-refractivity contribution is 6.08. The van der Waals surface area contributed by atoms with Crippen molar-refractivity contribution < 1.29 is 5.11 Å². The Labute approximate surface area is 149 Å². The molecule has 0 aliphatic rings. The molecule has 0 aliphatic carbocycles. The Hall–Kier alpha value is -2.68. The summed E-state index contributed by atoms with van der Waals surface area (Å²) in [6.45, 7) is 6.57. The Balaban J connectivity index is 2.25. The highest BCUT2D eigenvalue weighted by Crippen LogP contribution is 2.31. The van der Waals surface area contributed by atoms with Crippen LogP contribution in [0.5, 0.6) is 0 Å². The highest BCUT2D eigenvalue weighted by Gasteiger charge is 2.12. The number of aliphatic hydroxyl groups is 1. The van der Waals surface area contributed by atoms with Gasteiger partial charge in [-0.05, 0) is 56.7 Å². The first-order valence-corrected chi connectivity index (χ1v) is 8.71. The van der Waals surface area contributed by atoms with Gasteiger partial charge in [-0.25, -0.2) is 0 Å². The molecule has 0 aliphatic heterocycles. The number of unbranched alkanes of at least 4 members (excludes halogenated alkanes) is 1. The first-order chi connectivity index (χ1) is 11.9. The quantitative estimate of drug-likeness (QED) is 0.692. The molecule has 1 aromatic heterocycles. The molecule has 1 heterocycles. The van der Waals surface area contributed by atoms with Crippen LogP contribution < -0.4 is 0 Å². The predicted molar refractivity (Wildman–Crippen MR) is 105 cm³/mol. The Kier molecular flexibility index (Phi) is 4.58. The molecular formula is C23H23NO. The Morgan fingerprint density at radius 2 is 1.64 bits per heavy atom. The Morgan fingerprint density at radius 1 is 1.04 bits per heavy atom. The molecule has 0 saturated carbocycles. The minimum absolute atomic E-state index is 0.884. The van der Waals surface area contributed by atoms with E-state index in [0.29, 0.717) is 0 Å². The third-order valence-corrected chi connectivity index (χ3v) is 4.28. The first-order valence-electron chi connectivity index (χ1n) is 8.71. The molecule has 2 aromatic carbocycles. The third-order valence-electron chi connectivity index (χ3n) is 4.28. The van der Waals surface area contributed by atoms with Crippen molar-refractivity contribution in [3.8, 4) is 24.2 Å². The van der Waals surface area contributed by atoms with Gasteiger partial charge in [0.15, 0.2) is 0 Å². The van der Waals surface area contributed by atoms with Gasteiger partial charge in [-0.1, -0.05) is 31.1 Å². The van der Waals surface area contributed by atoms with Gasteiger partial charge < -0.3 is 9.67 Å². The number of rotatable bonds is 3. The van der Waals surface area contributed by atoms with Crippen molar-refractivity contribution in [3.05, 3.63) is 47.5 Å². The van der Waals surface area contributed by atoms with Crippen LogP contribution in [0.4, 0.5) is 0 Å². The molecule has 0 spiro atoms.